The zero-order valence-corrected chi connectivity index (χ0v) is 11.4. The lowest BCUT2D eigenvalue weighted by Crippen LogP contribution is -2.51. The van der Waals surface area contributed by atoms with Gasteiger partial charge in [-0.2, -0.15) is 0 Å². The largest absolute Gasteiger partial charge is 0.497 e. The quantitative estimate of drug-likeness (QED) is 0.893. The molecule has 1 aromatic carbocycles. The first-order valence-corrected chi connectivity index (χ1v) is 6.33. The fraction of sp³-hybridized carbons (Fsp3) is 0.429. The number of carboxylic acids is 1. The molecule has 6 nitrogen and oxygen atoms in total. The van der Waals surface area contributed by atoms with Gasteiger partial charge in [-0.25, -0.2) is 4.79 Å². The highest BCUT2D eigenvalue weighted by Crippen LogP contribution is 2.17. The van der Waals surface area contributed by atoms with Crippen LogP contribution in [0.3, 0.4) is 0 Å². The molecule has 1 unspecified atom stereocenters. The molecule has 20 heavy (non-hydrogen) atoms. The molecule has 2 atom stereocenters. The van der Waals surface area contributed by atoms with Crippen LogP contribution in [0.4, 0.5) is 0 Å². The van der Waals surface area contributed by atoms with Crippen LogP contribution in [-0.4, -0.2) is 54.3 Å². The van der Waals surface area contributed by atoms with Crippen LogP contribution >= 0.6 is 0 Å². The molecule has 1 saturated heterocycles. The highest BCUT2D eigenvalue weighted by molar-refractivity contribution is 5.94. The van der Waals surface area contributed by atoms with Crippen molar-refractivity contribution in [3.8, 4) is 5.75 Å². The Kier molecular flexibility index (Phi) is 4.24. The Hall–Kier alpha value is -2.08. The Bertz CT molecular complexity index is 499. The molecular weight excluding hydrogens is 262 g/mol. The lowest BCUT2D eigenvalue weighted by molar-refractivity contribution is -0.160. The number of morpholine rings is 1. The molecule has 1 amide bonds. The molecule has 1 aliphatic heterocycles. The van der Waals surface area contributed by atoms with Gasteiger partial charge in [0.25, 0.3) is 5.91 Å². The van der Waals surface area contributed by atoms with E-state index < -0.39 is 12.1 Å². The van der Waals surface area contributed by atoms with Gasteiger partial charge in [0.1, 0.15) is 5.75 Å². The highest BCUT2D eigenvalue weighted by atomic mass is 16.5. The molecule has 108 valence electrons. The first-order chi connectivity index (χ1) is 9.51. The molecule has 0 spiro atoms. The van der Waals surface area contributed by atoms with E-state index in [1.54, 1.807) is 38.3 Å². The van der Waals surface area contributed by atoms with Crippen LogP contribution < -0.4 is 4.74 Å². The number of methoxy groups -OCH3 is 1. The second-order valence-corrected chi connectivity index (χ2v) is 4.71. The molecule has 1 aromatic rings. The summed E-state index contributed by atoms with van der Waals surface area (Å²) in [6, 6.07) is 6.73. The third kappa shape index (κ3) is 3.08. The topological polar surface area (TPSA) is 76.1 Å². The summed E-state index contributed by atoms with van der Waals surface area (Å²) in [7, 11) is 1.55. The first kappa shape index (κ1) is 14.3. The van der Waals surface area contributed by atoms with E-state index in [9.17, 15) is 9.59 Å². The highest BCUT2D eigenvalue weighted by Gasteiger charge is 2.32. The van der Waals surface area contributed by atoms with Gasteiger partial charge >= 0.3 is 5.97 Å². The maximum Gasteiger partial charge on any atom is 0.334 e. The van der Waals surface area contributed by atoms with Gasteiger partial charge in [0.05, 0.1) is 19.8 Å². The van der Waals surface area contributed by atoms with Crippen LogP contribution in [0.25, 0.3) is 0 Å². The summed E-state index contributed by atoms with van der Waals surface area (Å²) in [6.07, 6.45) is -1.27. The van der Waals surface area contributed by atoms with Gasteiger partial charge in [0, 0.05) is 12.1 Å². The monoisotopic (exact) mass is 279 g/mol. The average molecular weight is 279 g/mol. The predicted octanol–water partition coefficient (Wildman–Crippen LogP) is 1.01. The maximum absolute atomic E-state index is 12.3. The van der Waals surface area contributed by atoms with E-state index in [4.69, 9.17) is 14.6 Å². The van der Waals surface area contributed by atoms with Crippen molar-refractivity contribution >= 4 is 11.9 Å². The minimum absolute atomic E-state index is 0.0601. The van der Waals surface area contributed by atoms with Crippen molar-refractivity contribution in [2.75, 3.05) is 20.2 Å². The smallest absolute Gasteiger partial charge is 0.334 e. The molecule has 1 heterocycles. The van der Waals surface area contributed by atoms with Crippen LogP contribution in [0.5, 0.6) is 5.75 Å². The van der Waals surface area contributed by atoms with Crippen molar-refractivity contribution in [3.05, 3.63) is 29.8 Å². The first-order valence-electron chi connectivity index (χ1n) is 6.33. The van der Waals surface area contributed by atoms with Crippen LogP contribution in [0, 0.1) is 0 Å². The standard InChI is InChI=1S/C14H17NO5/c1-9-7-15(8-12(20-9)14(17)18)13(16)10-3-5-11(19-2)6-4-10/h3-6,9,12H,7-8H2,1-2H3,(H,17,18)/t9-,12?/m1/s1. The van der Waals surface area contributed by atoms with Crippen LogP contribution in [0.2, 0.25) is 0 Å². The van der Waals surface area contributed by atoms with Crippen LogP contribution in [0.15, 0.2) is 24.3 Å². The van der Waals surface area contributed by atoms with Gasteiger partial charge in [-0.15, -0.1) is 0 Å². The van der Waals surface area contributed by atoms with Crippen molar-refractivity contribution in [1.82, 2.24) is 4.90 Å². The molecular formula is C14H17NO5. The number of hydrogen-bond donors (Lipinski definition) is 1. The summed E-state index contributed by atoms with van der Waals surface area (Å²) in [6.45, 7) is 2.20. The van der Waals surface area contributed by atoms with E-state index in [-0.39, 0.29) is 18.6 Å². The number of carboxylic acid groups (broad SMARTS) is 1. The van der Waals surface area contributed by atoms with Gasteiger partial charge in [-0.3, -0.25) is 4.79 Å². The number of carbonyl (C=O) groups excluding carboxylic acids is 1. The Balaban J connectivity index is 2.12. The second kappa shape index (κ2) is 5.92. The Morgan fingerprint density at radius 2 is 1.95 bits per heavy atom. The predicted molar refractivity (Wildman–Crippen MR) is 70.9 cm³/mol. The minimum atomic E-state index is -1.05. The van der Waals surface area contributed by atoms with Crippen LogP contribution in [-0.2, 0) is 9.53 Å². The summed E-state index contributed by atoms with van der Waals surface area (Å²) < 4.78 is 10.3. The van der Waals surface area contributed by atoms with Gasteiger partial charge in [0.15, 0.2) is 6.10 Å². The Morgan fingerprint density at radius 1 is 1.30 bits per heavy atom. The average Bonchev–Trinajstić information content (AvgIpc) is 2.46. The molecule has 1 aliphatic rings. The number of benzene rings is 1. The summed E-state index contributed by atoms with van der Waals surface area (Å²) in [4.78, 5) is 24.9. The van der Waals surface area contributed by atoms with Crippen molar-refractivity contribution in [3.63, 3.8) is 0 Å². The molecule has 0 bridgehead atoms. The third-order valence-corrected chi connectivity index (χ3v) is 3.16. The molecule has 0 radical (unpaired) electrons. The SMILES string of the molecule is COc1ccc(C(=O)N2CC(C(=O)O)O[C@H](C)C2)cc1. The molecule has 2 rings (SSSR count). The van der Waals surface area contributed by atoms with Gasteiger partial charge in [-0.05, 0) is 31.2 Å². The summed E-state index contributed by atoms with van der Waals surface area (Å²) in [5.41, 5.74) is 0.504. The Morgan fingerprint density at radius 3 is 2.50 bits per heavy atom. The minimum Gasteiger partial charge on any atom is -0.497 e. The van der Waals surface area contributed by atoms with Crippen LogP contribution in [0.1, 0.15) is 17.3 Å². The van der Waals surface area contributed by atoms with E-state index in [0.717, 1.165) is 0 Å². The molecule has 0 aliphatic carbocycles. The Labute approximate surface area is 116 Å². The maximum atomic E-state index is 12.3. The van der Waals surface area contributed by atoms with Gasteiger partial charge < -0.3 is 19.5 Å². The number of hydrogen-bond acceptors (Lipinski definition) is 4. The number of aliphatic carboxylic acids is 1. The molecule has 6 heteroatoms. The van der Waals surface area contributed by atoms with Crippen molar-refractivity contribution < 1.29 is 24.2 Å². The van der Waals surface area contributed by atoms with E-state index in [2.05, 4.69) is 0 Å². The van der Waals surface area contributed by atoms with E-state index >= 15 is 0 Å². The molecule has 0 saturated carbocycles. The fourth-order valence-electron chi connectivity index (χ4n) is 2.17. The lowest BCUT2D eigenvalue weighted by Gasteiger charge is -2.35. The van der Waals surface area contributed by atoms with E-state index in [1.807, 2.05) is 0 Å². The van der Waals surface area contributed by atoms with Crippen molar-refractivity contribution in [2.45, 2.75) is 19.1 Å². The van der Waals surface area contributed by atoms with Gasteiger partial charge in [-0.1, -0.05) is 0 Å². The second-order valence-electron chi connectivity index (χ2n) is 4.71. The normalized spacial score (nSPS) is 22.4. The zero-order valence-electron chi connectivity index (χ0n) is 11.4. The number of amides is 1. The lowest BCUT2D eigenvalue weighted by atomic mass is 10.1. The van der Waals surface area contributed by atoms with Crippen molar-refractivity contribution in [2.24, 2.45) is 0 Å². The zero-order chi connectivity index (χ0) is 14.7. The number of nitrogens with zero attached hydrogens (tertiary/aromatic N) is 1. The fourth-order valence-corrected chi connectivity index (χ4v) is 2.17. The van der Waals surface area contributed by atoms with Crippen molar-refractivity contribution in [1.29, 1.82) is 0 Å². The summed E-state index contributed by atoms with van der Waals surface area (Å²) >= 11 is 0. The third-order valence-electron chi connectivity index (χ3n) is 3.16. The summed E-state index contributed by atoms with van der Waals surface area (Å²) in [5.74, 6) is -0.585. The molecule has 1 fully saturated rings. The molecule has 1 N–H and O–H groups in total. The number of carbonyl (C=O) groups is 2. The number of rotatable bonds is 3. The van der Waals surface area contributed by atoms with E-state index in [1.165, 1.54) is 4.90 Å². The molecule has 0 aromatic heterocycles. The van der Waals surface area contributed by atoms with E-state index in [0.29, 0.717) is 17.9 Å². The summed E-state index contributed by atoms with van der Waals surface area (Å²) in [5, 5.41) is 9.01. The van der Waals surface area contributed by atoms with Gasteiger partial charge in [0.2, 0.25) is 0 Å². The number of ether oxygens (including phenoxy) is 2.